The standard InChI is InChI=1S/C38H35F3N6O3S/c1-7-32(49)47-19(3)17-46-30(20(47)4)16-28(44-46)37-34(33-26(40)14-24(39)15-31(33)50-18-22-11-25(48)12-22)35(41)38(51-8-2)36(43-37)23-9-10-29-27(13-23)42-21(5)45(29)6/h2,7,9-10,13-16,19-20,22,25,48H,1,11-12,17-18H2,3-6H3/t19-,20+,22?,25?/m0/s1. The number of carbonyl (C=O) groups is 1. The van der Waals surface area contributed by atoms with Gasteiger partial charge >= 0.3 is 0 Å². The number of fused-ring (bicyclic) bond motifs is 2. The molecule has 0 bridgehead atoms. The molecule has 0 unspecified atom stereocenters. The first-order chi connectivity index (χ1) is 24.4. The maximum absolute atomic E-state index is 17.4. The van der Waals surface area contributed by atoms with Gasteiger partial charge in [-0.25, -0.2) is 23.1 Å². The number of hydrogen-bond donors (Lipinski definition) is 1. The Morgan fingerprint density at radius 1 is 1.14 bits per heavy atom. The Kier molecular flexibility index (Phi) is 8.93. The molecule has 1 aliphatic heterocycles. The largest absolute Gasteiger partial charge is 0.492 e. The number of terminal acetylenes is 1. The molecule has 7 rings (SSSR count). The maximum Gasteiger partial charge on any atom is 0.246 e. The van der Waals surface area contributed by atoms with Gasteiger partial charge in [0.05, 0.1) is 63.7 Å². The summed E-state index contributed by atoms with van der Waals surface area (Å²) in [5, 5.41) is 17.0. The molecule has 0 radical (unpaired) electrons. The maximum atomic E-state index is 17.4. The monoisotopic (exact) mass is 712 g/mol. The summed E-state index contributed by atoms with van der Waals surface area (Å²) in [4.78, 5) is 24.1. The van der Waals surface area contributed by atoms with Crippen LogP contribution in [-0.2, 0) is 18.4 Å². The third-order valence-electron chi connectivity index (χ3n) is 9.83. The van der Waals surface area contributed by atoms with Gasteiger partial charge in [-0.3, -0.25) is 9.48 Å². The van der Waals surface area contributed by atoms with Crippen molar-refractivity contribution in [1.82, 2.24) is 29.2 Å². The molecule has 0 spiro atoms. The third-order valence-corrected chi connectivity index (χ3v) is 10.5. The zero-order valence-corrected chi connectivity index (χ0v) is 29.3. The molecule has 3 aromatic heterocycles. The lowest BCUT2D eigenvalue weighted by atomic mass is 9.83. The van der Waals surface area contributed by atoms with E-state index in [-0.39, 0.29) is 63.3 Å². The van der Waals surface area contributed by atoms with Gasteiger partial charge in [0.15, 0.2) is 0 Å². The molecule has 2 atom stereocenters. The summed E-state index contributed by atoms with van der Waals surface area (Å²) in [6.07, 6.45) is 7.50. The van der Waals surface area contributed by atoms with E-state index in [1.165, 1.54) is 6.08 Å². The van der Waals surface area contributed by atoms with Crippen molar-refractivity contribution in [3.05, 3.63) is 78.0 Å². The second-order valence-electron chi connectivity index (χ2n) is 13.1. The summed E-state index contributed by atoms with van der Waals surface area (Å²) < 4.78 is 58.0. The topological polar surface area (TPSA) is 98.3 Å². The molecule has 262 valence electrons. The van der Waals surface area contributed by atoms with Crippen molar-refractivity contribution in [2.45, 2.75) is 63.2 Å². The van der Waals surface area contributed by atoms with Crippen LogP contribution in [0.1, 0.15) is 44.2 Å². The van der Waals surface area contributed by atoms with E-state index in [1.807, 2.05) is 38.5 Å². The van der Waals surface area contributed by atoms with Crippen LogP contribution in [0.15, 0.2) is 53.9 Å². The molecule has 5 aromatic rings. The van der Waals surface area contributed by atoms with Crippen molar-refractivity contribution < 1.29 is 27.8 Å². The van der Waals surface area contributed by atoms with Gasteiger partial charge in [0, 0.05) is 30.8 Å². The minimum Gasteiger partial charge on any atom is -0.492 e. The molecule has 0 saturated heterocycles. The predicted octanol–water partition coefficient (Wildman–Crippen LogP) is 7.20. The second kappa shape index (κ2) is 13.2. The van der Waals surface area contributed by atoms with E-state index in [4.69, 9.17) is 21.2 Å². The average Bonchev–Trinajstić information content (AvgIpc) is 3.63. The van der Waals surface area contributed by atoms with Crippen LogP contribution in [0.5, 0.6) is 5.75 Å². The number of aliphatic hydroxyl groups excluding tert-OH is 1. The molecule has 51 heavy (non-hydrogen) atoms. The quantitative estimate of drug-likeness (QED) is 0.103. The Morgan fingerprint density at radius 2 is 1.90 bits per heavy atom. The number of carbonyl (C=O) groups excluding carboxylic acids is 1. The van der Waals surface area contributed by atoms with Gasteiger partial charge in [-0.2, -0.15) is 5.10 Å². The fourth-order valence-electron chi connectivity index (χ4n) is 7.12. The van der Waals surface area contributed by atoms with E-state index in [0.29, 0.717) is 42.2 Å². The second-order valence-corrected chi connectivity index (χ2v) is 14.0. The Labute approximate surface area is 297 Å². The Hall–Kier alpha value is -5.06. The highest BCUT2D eigenvalue weighted by atomic mass is 32.2. The van der Waals surface area contributed by atoms with Gasteiger partial charge in [0.2, 0.25) is 5.91 Å². The zero-order chi connectivity index (χ0) is 36.3. The number of thioether (sulfide) groups is 1. The van der Waals surface area contributed by atoms with Crippen molar-refractivity contribution in [3.8, 4) is 51.2 Å². The molecule has 2 aliphatic rings. The number of rotatable bonds is 8. The van der Waals surface area contributed by atoms with E-state index in [9.17, 15) is 14.3 Å². The van der Waals surface area contributed by atoms with Crippen LogP contribution in [0, 0.1) is 42.0 Å². The molecular weight excluding hydrogens is 678 g/mol. The lowest BCUT2D eigenvalue weighted by molar-refractivity contribution is -0.131. The highest BCUT2D eigenvalue weighted by molar-refractivity contribution is 8.04. The van der Waals surface area contributed by atoms with Crippen LogP contribution in [0.25, 0.3) is 44.8 Å². The minimum absolute atomic E-state index is 0.0288. The fourth-order valence-corrected chi connectivity index (χ4v) is 7.69. The average molecular weight is 713 g/mol. The predicted molar refractivity (Wildman–Crippen MR) is 189 cm³/mol. The van der Waals surface area contributed by atoms with Crippen LogP contribution >= 0.6 is 11.8 Å². The number of aryl methyl sites for hydroxylation is 2. The van der Waals surface area contributed by atoms with Crippen LogP contribution in [0.3, 0.4) is 0 Å². The zero-order valence-electron chi connectivity index (χ0n) is 28.5. The van der Waals surface area contributed by atoms with E-state index in [1.54, 1.807) is 27.8 Å². The lowest BCUT2D eigenvalue weighted by Gasteiger charge is -2.38. The Morgan fingerprint density at radius 3 is 2.61 bits per heavy atom. The highest BCUT2D eigenvalue weighted by Gasteiger charge is 2.36. The SMILES string of the molecule is C#CSc1c(-c2ccc3c(c2)nc(C)n3C)nc(-c2cc3n(n2)C[C@H](C)N(C(=O)C=C)[C@@H]3C)c(-c2c(F)cc(F)cc2OCC2CC(O)C2)c1F. The smallest absolute Gasteiger partial charge is 0.246 e. The first-order valence-electron chi connectivity index (χ1n) is 16.5. The van der Waals surface area contributed by atoms with Crippen molar-refractivity contribution in [2.24, 2.45) is 13.0 Å². The van der Waals surface area contributed by atoms with Gasteiger partial charge in [-0.05, 0) is 80.8 Å². The molecular formula is C38H35F3N6O3S. The van der Waals surface area contributed by atoms with Gasteiger partial charge in [-0.1, -0.05) is 12.6 Å². The number of hydrogen-bond acceptors (Lipinski definition) is 7. The number of nitrogens with zero attached hydrogens (tertiary/aromatic N) is 6. The van der Waals surface area contributed by atoms with Crippen molar-refractivity contribution in [2.75, 3.05) is 6.61 Å². The molecule has 13 heteroatoms. The summed E-state index contributed by atoms with van der Waals surface area (Å²) in [7, 11) is 1.89. The molecule has 1 amide bonds. The van der Waals surface area contributed by atoms with Gasteiger partial charge < -0.3 is 19.3 Å². The van der Waals surface area contributed by atoms with Crippen molar-refractivity contribution >= 4 is 28.7 Å². The molecule has 1 aliphatic carbocycles. The lowest BCUT2D eigenvalue weighted by Crippen LogP contribution is -2.46. The number of imidazole rings is 1. The summed E-state index contributed by atoms with van der Waals surface area (Å²) in [6.45, 7) is 9.66. The van der Waals surface area contributed by atoms with Crippen LogP contribution in [-0.4, -0.2) is 59.0 Å². The van der Waals surface area contributed by atoms with Crippen LogP contribution in [0.4, 0.5) is 13.2 Å². The summed E-state index contributed by atoms with van der Waals surface area (Å²) in [6, 6.07) is 8.13. The number of halogens is 3. The van der Waals surface area contributed by atoms with Crippen LogP contribution in [0.2, 0.25) is 0 Å². The molecule has 2 aromatic carbocycles. The molecule has 1 N–H and O–H groups in total. The van der Waals surface area contributed by atoms with E-state index in [2.05, 4.69) is 16.8 Å². The van der Waals surface area contributed by atoms with E-state index in [0.717, 1.165) is 29.2 Å². The first kappa shape index (κ1) is 34.4. The number of aromatic nitrogens is 5. The summed E-state index contributed by atoms with van der Waals surface area (Å²) in [5.74, 6) is -2.59. The minimum atomic E-state index is -1.07. The Bertz CT molecular complexity index is 2270. The number of ether oxygens (including phenoxy) is 1. The molecule has 1 saturated carbocycles. The number of pyridine rings is 1. The van der Waals surface area contributed by atoms with E-state index >= 15 is 8.78 Å². The van der Waals surface area contributed by atoms with Crippen LogP contribution < -0.4 is 4.74 Å². The summed E-state index contributed by atoms with van der Waals surface area (Å²) >= 11 is 0.750. The number of amides is 1. The van der Waals surface area contributed by atoms with Gasteiger partial charge in [0.25, 0.3) is 0 Å². The van der Waals surface area contributed by atoms with Gasteiger partial charge in [0.1, 0.15) is 40.4 Å². The first-order valence-corrected chi connectivity index (χ1v) is 17.3. The summed E-state index contributed by atoms with van der Waals surface area (Å²) in [5.41, 5.74) is 2.40. The number of aliphatic hydroxyl groups is 1. The van der Waals surface area contributed by atoms with Crippen molar-refractivity contribution in [3.63, 3.8) is 0 Å². The molecule has 1 fully saturated rings. The normalized spacial score (nSPS) is 19.8. The van der Waals surface area contributed by atoms with Crippen molar-refractivity contribution in [1.29, 1.82) is 0 Å². The molecule has 4 heterocycles. The third kappa shape index (κ3) is 5.96. The number of benzene rings is 2. The Balaban J connectivity index is 1.48. The molecule has 9 nitrogen and oxygen atoms in total. The van der Waals surface area contributed by atoms with E-state index < -0.39 is 29.6 Å². The highest BCUT2D eigenvalue weighted by Crippen LogP contribution is 2.47. The van der Waals surface area contributed by atoms with Gasteiger partial charge in [-0.15, -0.1) is 6.42 Å². The fraction of sp³-hybridized carbons (Fsp3) is 0.316.